The second kappa shape index (κ2) is 4.78. The second-order valence-electron chi connectivity index (χ2n) is 5.06. The van der Waals surface area contributed by atoms with Crippen molar-refractivity contribution in [1.82, 2.24) is 0 Å². The third kappa shape index (κ3) is 2.31. The van der Waals surface area contributed by atoms with Gasteiger partial charge in [0.2, 0.25) is 0 Å². The molecule has 1 fully saturated rings. The highest BCUT2D eigenvalue weighted by atomic mass is 35.5. The quantitative estimate of drug-likeness (QED) is 0.638. The average Bonchev–Trinajstić information content (AvgIpc) is 2.27. The Morgan fingerprint density at radius 3 is 2.83 bits per heavy atom. The minimum atomic E-state index is -0.132. The number of ether oxygens (including phenoxy) is 1. The molecular weight excluding hydrogens is 250 g/mol. The third-order valence-electron chi connectivity index (χ3n) is 3.20. The van der Waals surface area contributed by atoms with Crippen LogP contribution in [0.4, 0.5) is 5.69 Å². The zero-order valence-corrected chi connectivity index (χ0v) is 11.4. The number of nitrogen functional groups attached to an aromatic ring is 1. The Balaban J connectivity index is 2.50. The van der Waals surface area contributed by atoms with Crippen LogP contribution in [0.1, 0.15) is 19.4 Å². The van der Waals surface area contributed by atoms with Gasteiger partial charge in [-0.2, -0.15) is 0 Å². The van der Waals surface area contributed by atoms with Gasteiger partial charge in [0.05, 0.1) is 29.3 Å². The van der Waals surface area contributed by atoms with E-state index in [1.54, 1.807) is 6.07 Å². The highest BCUT2D eigenvalue weighted by Crippen LogP contribution is 2.33. The van der Waals surface area contributed by atoms with E-state index in [9.17, 15) is 0 Å². The Morgan fingerprint density at radius 1 is 1.50 bits per heavy atom. The van der Waals surface area contributed by atoms with Crippen LogP contribution in [0.5, 0.6) is 0 Å². The van der Waals surface area contributed by atoms with E-state index in [4.69, 9.17) is 27.5 Å². The van der Waals surface area contributed by atoms with Crippen molar-refractivity contribution in [3.63, 3.8) is 0 Å². The van der Waals surface area contributed by atoms with E-state index in [0.29, 0.717) is 23.8 Å². The molecule has 2 rings (SSSR count). The molecule has 0 bridgehead atoms. The van der Waals surface area contributed by atoms with E-state index in [-0.39, 0.29) is 11.4 Å². The van der Waals surface area contributed by atoms with E-state index in [2.05, 4.69) is 18.7 Å². The van der Waals surface area contributed by atoms with Gasteiger partial charge in [0.15, 0.2) is 0 Å². The van der Waals surface area contributed by atoms with Crippen LogP contribution in [-0.4, -0.2) is 31.1 Å². The summed E-state index contributed by atoms with van der Waals surface area (Å²) < 4.78 is 5.51. The van der Waals surface area contributed by atoms with E-state index < -0.39 is 0 Å². The fourth-order valence-electron chi connectivity index (χ4n) is 2.31. The number of anilines is 1. The number of hydrogen-bond acceptors (Lipinski definition) is 3. The van der Waals surface area contributed by atoms with E-state index in [0.717, 1.165) is 12.2 Å². The van der Waals surface area contributed by atoms with Crippen LogP contribution in [0.3, 0.4) is 0 Å². The summed E-state index contributed by atoms with van der Waals surface area (Å²) in [5, 5.41) is 8.22. The molecule has 18 heavy (non-hydrogen) atoms. The normalized spacial score (nSPS) is 18.7. The minimum Gasteiger partial charge on any atom is -0.384 e. The van der Waals surface area contributed by atoms with Crippen LogP contribution in [0.2, 0.25) is 5.02 Å². The fourth-order valence-corrected chi connectivity index (χ4v) is 2.58. The van der Waals surface area contributed by atoms with Gasteiger partial charge in [-0.15, -0.1) is 0 Å². The number of nitrogens with zero attached hydrogens (tertiary/aromatic N) is 1. The van der Waals surface area contributed by atoms with Gasteiger partial charge < -0.3 is 15.4 Å². The molecule has 0 amide bonds. The highest BCUT2D eigenvalue weighted by molar-refractivity contribution is 6.34. The van der Waals surface area contributed by atoms with Crippen LogP contribution in [0.25, 0.3) is 0 Å². The van der Waals surface area contributed by atoms with Crippen LogP contribution in [0, 0.1) is 5.41 Å². The van der Waals surface area contributed by atoms with Gasteiger partial charge in [0, 0.05) is 12.2 Å². The molecular formula is C13H18ClN3O. The standard InChI is InChI=1S/C13H18ClN3O/c1-13(2)8-18-7-6-17(13)10-5-3-4-9(14)11(10)12(15)16/h3-5H,6-8H2,1-2H3,(H3,15,16). The first-order valence-electron chi connectivity index (χ1n) is 5.92. The number of benzene rings is 1. The molecule has 1 saturated heterocycles. The van der Waals surface area contributed by atoms with Crippen LogP contribution in [-0.2, 0) is 4.74 Å². The highest BCUT2D eigenvalue weighted by Gasteiger charge is 2.32. The molecule has 0 aromatic heterocycles. The van der Waals surface area contributed by atoms with Gasteiger partial charge in [0.25, 0.3) is 0 Å². The summed E-state index contributed by atoms with van der Waals surface area (Å²) in [7, 11) is 0. The average molecular weight is 268 g/mol. The molecule has 1 aromatic carbocycles. The maximum Gasteiger partial charge on any atom is 0.126 e. The molecule has 0 unspecified atom stereocenters. The van der Waals surface area contributed by atoms with Crippen molar-refractivity contribution in [3.8, 4) is 0 Å². The van der Waals surface area contributed by atoms with Gasteiger partial charge in [-0.05, 0) is 26.0 Å². The second-order valence-corrected chi connectivity index (χ2v) is 5.47. The molecule has 5 heteroatoms. The zero-order valence-electron chi connectivity index (χ0n) is 10.7. The van der Waals surface area contributed by atoms with E-state index in [1.807, 2.05) is 12.1 Å². The summed E-state index contributed by atoms with van der Waals surface area (Å²) in [6, 6.07) is 5.60. The lowest BCUT2D eigenvalue weighted by Gasteiger charge is -2.44. The van der Waals surface area contributed by atoms with Crippen molar-refractivity contribution in [2.24, 2.45) is 5.73 Å². The number of rotatable bonds is 2. The molecule has 0 atom stereocenters. The fraction of sp³-hybridized carbons (Fsp3) is 0.462. The maximum absolute atomic E-state index is 7.70. The first-order chi connectivity index (χ1) is 8.43. The summed E-state index contributed by atoms with van der Waals surface area (Å²) in [6.07, 6.45) is 0. The summed E-state index contributed by atoms with van der Waals surface area (Å²) in [4.78, 5) is 2.21. The third-order valence-corrected chi connectivity index (χ3v) is 3.51. The maximum atomic E-state index is 7.70. The molecule has 1 aliphatic rings. The number of halogens is 1. The Labute approximate surface area is 112 Å². The lowest BCUT2D eigenvalue weighted by Crippen LogP contribution is -2.53. The number of hydrogen-bond donors (Lipinski definition) is 2. The molecule has 1 heterocycles. The van der Waals surface area contributed by atoms with E-state index in [1.165, 1.54) is 0 Å². The smallest absolute Gasteiger partial charge is 0.126 e. The number of amidine groups is 1. The number of morpholine rings is 1. The van der Waals surface area contributed by atoms with Crippen molar-refractivity contribution in [2.45, 2.75) is 19.4 Å². The predicted molar refractivity (Wildman–Crippen MR) is 74.7 cm³/mol. The van der Waals surface area contributed by atoms with Crippen molar-refractivity contribution in [2.75, 3.05) is 24.7 Å². The largest absolute Gasteiger partial charge is 0.384 e. The molecule has 98 valence electrons. The molecule has 4 nitrogen and oxygen atoms in total. The molecule has 0 spiro atoms. The Hall–Kier alpha value is -1.26. The monoisotopic (exact) mass is 267 g/mol. The molecule has 0 radical (unpaired) electrons. The van der Waals surface area contributed by atoms with Crippen molar-refractivity contribution in [3.05, 3.63) is 28.8 Å². The lowest BCUT2D eigenvalue weighted by atomic mass is 9.99. The Kier molecular flexibility index (Phi) is 3.50. The van der Waals surface area contributed by atoms with Crippen LogP contribution >= 0.6 is 11.6 Å². The van der Waals surface area contributed by atoms with Crippen molar-refractivity contribution >= 4 is 23.1 Å². The summed E-state index contributed by atoms with van der Waals surface area (Å²) >= 11 is 6.16. The first-order valence-corrected chi connectivity index (χ1v) is 6.29. The molecule has 1 aliphatic heterocycles. The summed E-state index contributed by atoms with van der Waals surface area (Å²) in [5.41, 5.74) is 7.03. The zero-order chi connectivity index (χ0) is 13.3. The molecule has 3 N–H and O–H groups in total. The van der Waals surface area contributed by atoms with Gasteiger partial charge in [-0.25, -0.2) is 0 Å². The topological polar surface area (TPSA) is 62.3 Å². The van der Waals surface area contributed by atoms with E-state index >= 15 is 0 Å². The number of nitrogens with two attached hydrogens (primary N) is 1. The lowest BCUT2D eigenvalue weighted by molar-refractivity contribution is 0.0644. The van der Waals surface area contributed by atoms with Crippen molar-refractivity contribution in [1.29, 1.82) is 5.41 Å². The Morgan fingerprint density at radius 2 is 2.22 bits per heavy atom. The van der Waals surface area contributed by atoms with Crippen LogP contribution in [0.15, 0.2) is 18.2 Å². The van der Waals surface area contributed by atoms with Gasteiger partial charge in [-0.1, -0.05) is 17.7 Å². The number of nitrogens with one attached hydrogen (secondary N) is 1. The first kappa shape index (κ1) is 13.2. The minimum absolute atomic E-state index is 0.00195. The molecule has 0 aliphatic carbocycles. The van der Waals surface area contributed by atoms with Gasteiger partial charge in [-0.3, -0.25) is 5.41 Å². The van der Waals surface area contributed by atoms with Gasteiger partial charge in [0.1, 0.15) is 5.84 Å². The predicted octanol–water partition coefficient (Wildman–Crippen LogP) is 2.24. The summed E-state index contributed by atoms with van der Waals surface area (Å²) in [5.74, 6) is -0.00195. The van der Waals surface area contributed by atoms with Gasteiger partial charge >= 0.3 is 0 Å². The van der Waals surface area contributed by atoms with Crippen molar-refractivity contribution < 1.29 is 4.74 Å². The molecule has 1 aromatic rings. The summed E-state index contributed by atoms with van der Waals surface area (Å²) in [6.45, 7) is 6.31. The Bertz CT molecular complexity index is 473. The SMILES string of the molecule is CC1(C)COCCN1c1cccc(Cl)c1C(=N)N. The molecule has 0 saturated carbocycles. The van der Waals surface area contributed by atoms with Crippen LogP contribution < -0.4 is 10.6 Å².